The van der Waals surface area contributed by atoms with E-state index in [1.807, 2.05) is 51.1 Å². The summed E-state index contributed by atoms with van der Waals surface area (Å²) in [7, 11) is 0. The second kappa shape index (κ2) is 5.53. The number of ketones is 1. The van der Waals surface area contributed by atoms with Crippen LogP contribution in [-0.4, -0.2) is 17.4 Å². The number of anilines is 1. The quantitative estimate of drug-likeness (QED) is 0.884. The fourth-order valence-electron chi connectivity index (χ4n) is 2.13. The molecule has 0 amide bonds. The lowest BCUT2D eigenvalue weighted by molar-refractivity contribution is -0.126. The summed E-state index contributed by atoms with van der Waals surface area (Å²) >= 11 is 0. The van der Waals surface area contributed by atoms with Crippen molar-refractivity contribution >= 4 is 22.2 Å². The molecule has 0 aliphatic heterocycles. The molecule has 0 saturated carbocycles. The zero-order chi connectivity index (χ0) is 14.8. The maximum absolute atomic E-state index is 11.9. The third kappa shape index (κ3) is 3.10. The first kappa shape index (κ1) is 14.4. The van der Waals surface area contributed by atoms with Crippen molar-refractivity contribution in [2.75, 3.05) is 11.9 Å². The number of rotatable bonds is 4. The zero-order valence-electron chi connectivity index (χ0n) is 12.2. The van der Waals surface area contributed by atoms with Gasteiger partial charge in [0, 0.05) is 34.8 Å². The molecule has 0 spiro atoms. The number of hydrogen-bond donors (Lipinski definition) is 2. The summed E-state index contributed by atoms with van der Waals surface area (Å²) < 4.78 is 0. The Kier molecular flexibility index (Phi) is 3.98. The minimum Gasteiger partial charge on any atom is -0.507 e. The standard InChI is InChI=1S/C17H21NO2/c1-17(2,3)16(20)10-11-18-14-8-4-7-13-12(14)6-5-9-15(13)19/h4-9,18-19H,10-11H2,1-3H3. The van der Waals surface area contributed by atoms with Gasteiger partial charge >= 0.3 is 0 Å². The average Bonchev–Trinajstić information content (AvgIpc) is 2.38. The van der Waals surface area contributed by atoms with Crippen molar-refractivity contribution in [2.45, 2.75) is 27.2 Å². The Balaban J connectivity index is 2.11. The molecule has 0 fully saturated rings. The molecule has 2 N–H and O–H groups in total. The molecule has 0 atom stereocenters. The van der Waals surface area contributed by atoms with E-state index in [0.29, 0.717) is 13.0 Å². The fraction of sp³-hybridized carbons (Fsp3) is 0.353. The van der Waals surface area contributed by atoms with Crippen LogP contribution in [0.25, 0.3) is 10.8 Å². The highest BCUT2D eigenvalue weighted by Gasteiger charge is 2.20. The number of nitrogens with one attached hydrogen (secondary N) is 1. The molecule has 0 aliphatic carbocycles. The Morgan fingerprint density at radius 2 is 1.75 bits per heavy atom. The van der Waals surface area contributed by atoms with E-state index in [0.717, 1.165) is 16.5 Å². The Morgan fingerprint density at radius 1 is 1.10 bits per heavy atom. The molecule has 0 aliphatic rings. The van der Waals surface area contributed by atoms with Crippen LogP contribution in [0, 0.1) is 5.41 Å². The Hall–Kier alpha value is -2.03. The van der Waals surface area contributed by atoms with E-state index in [2.05, 4.69) is 5.32 Å². The molecule has 2 aromatic carbocycles. The number of hydrogen-bond acceptors (Lipinski definition) is 3. The second-order valence-corrected chi connectivity index (χ2v) is 6.03. The largest absolute Gasteiger partial charge is 0.507 e. The van der Waals surface area contributed by atoms with Crippen LogP contribution in [0.2, 0.25) is 0 Å². The Labute approximate surface area is 119 Å². The minimum atomic E-state index is -0.293. The molecule has 0 saturated heterocycles. The number of phenols is 1. The number of phenolic OH excluding ortho intramolecular Hbond substituents is 1. The topological polar surface area (TPSA) is 49.3 Å². The highest BCUT2D eigenvalue weighted by molar-refractivity contribution is 5.97. The maximum Gasteiger partial charge on any atom is 0.139 e. The minimum absolute atomic E-state index is 0.244. The normalized spacial score (nSPS) is 11.6. The van der Waals surface area contributed by atoms with E-state index in [1.165, 1.54) is 0 Å². The molecule has 106 valence electrons. The van der Waals surface area contributed by atoms with Crippen LogP contribution in [0.15, 0.2) is 36.4 Å². The van der Waals surface area contributed by atoms with Crippen LogP contribution in [0.3, 0.4) is 0 Å². The molecule has 0 radical (unpaired) electrons. The van der Waals surface area contributed by atoms with E-state index in [9.17, 15) is 9.90 Å². The van der Waals surface area contributed by atoms with Crippen molar-refractivity contribution in [3.63, 3.8) is 0 Å². The first-order chi connectivity index (χ1) is 9.39. The number of carbonyl (C=O) groups excluding carboxylic acids is 1. The lowest BCUT2D eigenvalue weighted by atomic mass is 9.89. The third-order valence-electron chi connectivity index (χ3n) is 3.40. The number of benzene rings is 2. The van der Waals surface area contributed by atoms with Crippen LogP contribution in [0.4, 0.5) is 5.69 Å². The van der Waals surface area contributed by atoms with Crippen LogP contribution in [-0.2, 0) is 4.79 Å². The molecular formula is C17H21NO2. The summed E-state index contributed by atoms with van der Waals surface area (Å²) in [5, 5.41) is 14.9. The summed E-state index contributed by atoms with van der Waals surface area (Å²) in [5.74, 6) is 0.519. The molecule has 2 rings (SSSR count). The summed E-state index contributed by atoms with van der Waals surface area (Å²) in [6, 6.07) is 11.2. The molecular weight excluding hydrogens is 250 g/mol. The van der Waals surface area contributed by atoms with Crippen molar-refractivity contribution in [3.8, 4) is 5.75 Å². The van der Waals surface area contributed by atoms with Gasteiger partial charge in [0.05, 0.1) is 0 Å². The zero-order valence-corrected chi connectivity index (χ0v) is 12.2. The van der Waals surface area contributed by atoms with Gasteiger partial charge in [-0.1, -0.05) is 45.0 Å². The van der Waals surface area contributed by atoms with Gasteiger partial charge < -0.3 is 10.4 Å². The van der Waals surface area contributed by atoms with Gasteiger partial charge in [-0.15, -0.1) is 0 Å². The van der Waals surface area contributed by atoms with Gasteiger partial charge in [0.1, 0.15) is 11.5 Å². The van der Waals surface area contributed by atoms with Crippen molar-refractivity contribution in [1.29, 1.82) is 0 Å². The Morgan fingerprint density at radius 3 is 2.45 bits per heavy atom. The van der Waals surface area contributed by atoms with Crippen molar-refractivity contribution < 1.29 is 9.90 Å². The highest BCUT2D eigenvalue weighted by atomic mass is 16.3. The first-order valence-electron chi connectivity index (χ1n) is 6.87. The number of fused-ring (bicyclic) bond motifs is 1. The molecule has 0 bridgehead atoms. The van der Waals surface area contributed by atoms with Gasteiger partial charge in [-0.3, -0.25) is 4.79 Å². The van der Waals surface area contributed by atoms with Gasteiger partial charge in [-0.25, -0.2) is 0 Å². The van der Waals surface area contributed by atoms with Crippen molar-refractivity contribution in [3.05, 3.63) is 36.4 Å². The maximum atomic E-state index is 11.9. The Bertz CT molecular complexity index is 626. The van der Waals surface area contributed by atoms with E-state index in [1.54, 1.807) is 6.07 Å². The van der Waals surface area contributed by atoms with Gasteiger partial charge in [-0.05, 0) is 12.1 Å². The summed E-state index contributed by atoms with van der Waals surface area (Å²) in [4.78, 5) is 11.9. The first-order valence-corrected chi connectivity index (χ1v) is 6.87. The van der Waals surface area contributed by atoms with Gasteiger partial charge in [0.25, 0.3) is 0 Å². The fourth-order valence-corrected chi connectivity index (χ4v) is 2.13. The van der Waals surface area contributed by atoms with E-state index in [4.69, 9.17) is 0 Å². The average molecular weight is 271 g/mol. The van der Waals surface area contributed by atoms with Crippen LogP contribution in [0.1, 0.15) is 27.2 Å². The number of Topliss-reactive ketones (excluding diaryl/α,β-unsaturated/α-hetero) is 1. The van der Waals surface area contributed by atoms with E-state index in [-0.39, 0.29) is 16.9 Å². The van der Waals surface area contributed by atoms with Gasteiger partial charge in [0.15, 0.2) is 0 Å². The third-order valence-corrected chi connectivity index (χ3v) is 3.40. The summed E-state index contributed by atoms with van der Waals surface area (Å²) in [6.07, 6.45) is 0.499. The molecule has 0 unspecified atom stereocenters. The lowest BCUT2D eigenvalue weighted by Gasteiger charge is -2.17. The van der Waals surface area contributed by atoms with Crippen LogP contribution >= 0.6 is 0 Å². The van der Waals surface area contributed by atoms with E-state index < -0.39 is 0 Å². The molecule has 20 heavy (non-hydrogen) atoms. The number of carbonyl (C=O) groups is 1. The predicted molar refractivity (Wildman–Crippen MR) is 83.2 cm³/mol. The van der Waals surface area contributed by atoms with Crippen molar-refractivity contribution in [1.82, 2.24) is 0 Å². The van der Waals surface area contributed by atoms with Gasteiger partial charge in [-0.2, -0.15) is 0 Å². The second-order valence-electron chi connectivity index (χ2n) is 6.03. The number of aromatic hydroxyl groups is 1. The molecule has 3 nitrogen and oxygen atoms in total. The lowest BCUT2D eigenvalue weighted by Crippen LogP contribution is -2.22. The SMILES string of the molecule is CC(C)(C)C(=O)CCNc1cccc2c(O)cccc12. The van der Waals surface area contributed by atoms with Gasteiger partial charge in [0.2, 0.25) is 0 Å². The molecule has 0 heterocycles. The predicted octanol–water partition coefficient (Wildman–Crippen LogP) is 3.96. The summed E-state index contributed by atoms with van der Waals surface area (Å²) in [6.45, 7) is 6.41. The molecule has 3 heteroatoms. The van der Waals surface area contributed by atoms with E-state index >= 15 is 0 Å². The molecule has 0 aromatic heterocycles. The molecule has 2 aromatic rings. The summed E-state index contributed by atoms with van der Waals surface area (Å²) in [5.41, 5.74) is 0.652. The monoisotopic (exact) mass is 271 g/mol. The highest BCUT2D eigenvalue weighted by Crippen LogP contribution is 2.29. The smallest absolute Gasteiger partial charge is 0.139 e. The van der Waals surface area contributed by atoms with Crippen LogP contribution in [0.5, 0.6) is 5.75 Å². The van der Waals surface area contributed by atoms with Crippen molar-refractivity contribution in [2.24, 2.45) is 5.41 Å². The van der Waals surface area contributed by atoms with Crippen LogP contribution < -0.4 is 5.32 Å².